The number of unbranched alkanes of at least 4 members (excludes halogenated alkanes) is 1. The number of hydrogen-bond acceptors (Lipinski definition) is 1. The minimum atomic E-state index is -1.70. The number of carbonyl (C=O) groups is 1. The molecule has 1 saturated carbocycles. The summed E-state index contributed by atoms with van der Waals surface area (Å²) in [6.45, 7) is 1.98. The maximum atomic E-state index is 13.8. The second kappa shape index (κ2) is 3.42. The van der Waals surface area contributed by atoms with E-state index < -0.39 is 11.6 Å². The molecule has 1 atom stereocenters. The highest BCUT2D eigenvalue weighted by Crippen LogP contribution is 2.44. The monoisotopic (exact) mass is 173 g/mol. The van der Waals surface area contributed by atoms with E-state index in [0.717, 1.165) is 25.7 Å². The van der Waals surface area contributed by atoms with Gasteiger partial charge in [-0.05, 0) is 25.7 Å². The van der Waals surface area contributed by atoms with Crippen LogP contribution in [0, 0.1) is 5.92 Å². The van der Waals surface area contributed by atoms with Crippen LogP contribution in [-0.4, -0.2) is 11.6 Å². The molecule has 3 heteroatoms. The van der Waals surface area contributed by atoms with Crippen LogP contribution < -0.4 is 5.73 Å². The number of alkyl halides is 1. The van der Waals surface area contributed by atoms with Crippen LogP contribution in [0.25, 0.3) is 0 Å². The Labute approximate surface area is 72.3 Å². The molecule has 1 fully saturated rings. The van der Waals surface area contributed by atoms with E-state index in [1.54, 1.807) is 0 Å². The van der Waals surface area contributed by atoms with E-state index >= 15 is 0 Å². The van der Waals surface area contributed by atoms with E-state index in [0.29, 0.717) is 6.42 Å². The fourth-order valence-corrected chi connectivity index (χ4v) is 1.50. The first-order chi connectivity index (χ1) is 5.61. The Bertz CT molecular complexity index is 179. The molecule has 0 aromatic carbocycles. The minimum absolute atomic E-state index is 0.0819. The van der Waals surface area contributed by atoms with Crippen molar-refractivity contribution in [2.24, 2.45) is 11.7 Å². The molecular formula is C9H16FNO. The van der Waals surface area contributed by atoms with Crippen LogP contribution in [0.2, 0.25) is 0 Å². The maximum absolute atomic E-state index is 13.8. The van der Waals surface area contributed by atoms with Crippen molar-refractivity contribution in [3.8, 4) is 0 Å². The predicted octanol–water partition coefficient (Wildman–Crippen LogP) is 1.78. The van der Waals surface area contributed by atoms with Crippen molar-refractivity contribution in [2.75, 3.05) is 0 Å². The standard InChI is InChI=1S/C9H16FNO/c1-2-3-6-9(10,8(11)12)7-4-5-7/h7H,2-6H2,1H3,(H2,11,12). The number of carbonyl (C=O) groups excluding carboxylic acids is 1. The lowest BCUT2D eigenvalue weighted by atomic mass is 9.93. The lowest BCUT2D eigenvalue weighted by Crippen LogP contribution is -2.41. The van der Waals surface area contributed by atoms with E-state index in [-0.39, 0.29) is 5.92 Å². The Morgan fingerprint density at radius 2 is 2.25 bits per heavy atom. The molecule has 0 radical (unpaired) electrons. The van der Waals surface area contributed by atoms with Gasteiger partial charge in [0, 0.05) is 5.92 Å². The van der Waals surface area contributed by atoms with Gasteiger partial charge in [-0.15, -0.1) is 0 Å². The molecule has 1 aliphatic carbocycles. The van der Waals surface area contributed by atoms with E-state index in [4.69, 9.17) is 5.73 Å². The fraction of sp³-hybridized carbons (Fsp3) is 0.889. The summed E-state index contributed by atoms with van der Waals surface area (Å²) in [6.07, 6.45) is 3.61. The van der Waals surface area contributed by atoms with Gasteiger partial charge < -0.3 is 5.73 Å². The average molecular weight is 173 g/mol. The van der Waals surface area contributed by atoms with Gasteiger partial charge in [-0.2, -0.15) is 0 Å². The van der Waals surface area contributed by atoms with Crippen LogP contribution in [0.15, 0.2) is 0 Å². The summed E-state index contributed by atoms with van der Waals surface area (Å²) < 4.78 is 13.8. The van der Waals surface area contributed by atoms with Crippen molar-refractivity contribution in [1.82, 2.24) is 0 Å². The summed E-state index contributed by atoms with van der Waals surface area (Å²) in [5.74, 6) is -0.847. The van der Waals surface area contributed by atoms with E-state index in [9.17, 15) is 9.18 Å². The molecule has 0 aliphatic heterocycles. The largest absolute Gasteiger partial charge is 0.367 e. The second-order valence-corrected chi connectivity index (χ2v) is 3.60. The van der Waals surface area contributed by atoms with Gasteiger partial charge >= 0.3 is 0 Å². The maximum Gasteiger partial charge on any atom is 0.255 e. The third kappa shape index (κ3) is 1.76. The number of primary amides is 1. The normalized spacial score (nSPS) is 21.8. The predicted molar refractivity (Wildman–Crippen MR) is 45.3 cm³/mol. The van der Waals surface area contributed by atoms with Crippen molar-refractivity contribution in [3.05, 3.63) is 0 Å². The van der Waals surface area contributed by atoms with Crippen molar-refractivity contribution in [2.45, 2.75) is 44.7 Å². The van der Waals surface area contributed by atoms with Gasteiger partial charge in [0.25, 0.3) is 5.91 Å². The first-order valence-electron chi connectivity index (χ1n) is 4.60. The molecule has 0 saturated heterocycles. The number of nitrogens with two attached hydrogens (primary N) is 1. The number of halogens is 1. The molecule has 0 bridgehead atoms. The molecule has 0 spiro atoms. The molecule has 1 unspecified atom stereocenters. The quantitative estimate of drug-likeness (QED) is 0.676. The summed E-state index contributed by atoms with van der Waals surface area (Å²) in [5, 5.41) is 0. The lowest BCUT2D eigenvalue weighted by molar-refractivity contribution is -0.131. The summed E-state index contributed by atoms with van der Waals surface area (Å²) in [6, 6.07) is 0. The average Bonchev–Trinajstić information content (AvgIpc) is 2.82. The molecule has 1 amide bonds. The molecular weight excluding hydrogens is 157 g/mol. The fourth-order valence-electron chi connectivity index (χ4n) is 1.50. The van der Waals surface area contributed by atoms with Crippen molar-refractivity contribution in [1.29, 1.82) is 0 Å². The second-order valence-electron chi connectivity index (χ2n) is 3.60. The first kappa shape index (κ1) is 9.49. The zero-order chi connectivity index (χ0) is 9.19. The van der Waals surface area contributed by atoms with Crippen LogP contribution in [0.1, 0.15) is 39.0 Å². The van der Waals surface area contributed by atoms with Crippen LogP contribution >= 0.6 is 0 Å². The van der Waals surface area contributed by atoms with Crippen molar-refractivity contribution in [3.63, 3.8) is 0 Å². The smallest absolute Gasteiger partial charge is 0.255 e. The number of hydrogen-bond donors (Lipinski definition) is 1. The zero-order valence-corrected chi connectivity index (χ0v) is 7.48. The molecule has 1 aliphatic rings. The van der Waals surface area contributed by atoms with Gasteiger partial charge in [0.2, 0.25) is 0 Å². The summed E-state index contributed by atoms with van der Waals surface area (Å²) in [7, 11) is 0. The number of rotatable bonds is 5. The molecule has 0 aromatic heterocycles. The first-order valence-corrected chi connectivity index (χ1v) is 4.60. The molecule has 12 heavy (non-hydrogen) atoms. The molecule has 1 rings (SSSR count). The van der Waals surface area contributed by atoms with Gasteiger partial charge in [0.05, 0.1) is 0 Å². The molecule has 2 N–H and O–H groups in total. The SMILES string of the molecule is CCCCC(F)(C(N)=O)C1CC1. The van der Waals surface area contributed by atoms with E-state index in [2.05, 4.69) is 0 Å². The molecule has 2 nitrogen and oxygen atoms in total. The Morgan fingerprint density at radius 1 is 1.67 bits per heavy atom. The van der Waals surface area contributed by atoms with Crippen LogP contribution in [-0.2, 0) is 4.79 Å². The highest BCUT2D eigenvalue weighted by atomic mass is 19.1. The highest BCUT2D eigenvalue weighted by Gasteiger charge is 2.49. The number of amides is 1. The third-order valence-electron chi connectivity index (χ3n) is 2.53. The van der Waals surface area contributed by atoms with Gasteiger partial charge in [-0.1, -0.05) is 13.3 Å². The molecule has 0 heterocycles. The van der Waals surface area contributed by atoms with Crippen molar-refractivity contribution >= 4 is 5.91 Å². The Morgan fingerprint density at radius 3 is 2.58 bits per heavy atom. The van der Waals surface area contributed by atoms with Crippen LogP contribution in [0.5, 0.6) is 0 Å². The molecule has 0 aromatic rings. The minimum Gasteiger partial charge on any atom is -0.367 e. The summed E-state index contributed by atoms with van der Waals surface area (Å²) in [5.41, 5.74) is 3.34. The van der Waals surface area contributed by atoms with Gasteiger partial charge in [0.1, 0.15) is 0 Å². The van der Waals surface area contributed by atoms with Crippen LogP contribution in [0.4, 0.5) is 4.39 Å². The van der Waals surface area contributed by atoms with Gasteiger partial charge in [-0.3, -0.25) is 4.79 Å². The molecule has 70 valence electrons. The highest BCUT2D eigenvalue weighted by molar-refractivity contribution is 5.84. The topological polar surface area (TPSA) is 43.1 Å². The Kier molecular flexibility index (Phi) is 2.70. The zero-order valence-electron chi connectivity index (χ0n) is 7.48. The van der Waals surface area contributed by atoms with Crippen molar-refractivity contribution < 1.29 is 9.18 Å². The summed E-state index contributed by atoms with van der Waals surface area (Å²) >= 11 is 0. The summed E-state index contributed by atoms with van der Waals surface area (Å²) in [4.78, 5) is 10.9. The van der Waals surface area contributed by atoms with Gasteiger partial charge in [-0.25, -0.2) is 4.39 Å². The lowest BCUT2D eigenvalue weighted by Gasteiger charge is -2.20. The third-order valence-corrected chi connectivity index (χ3v) is 2.53. The Balaban J connectivity index is 2.52. The van der Waals surface area contributed by atoms with E-state index in [1.807, 2.05) is 6.92 Å². The van der Waals surface area contributed by atoms with E-state index in [1.165, 1.54) is 0 Å². The van der Waals surface area contributed by atoms with Gasteiger partial charge in [0.15, 0.2) is 5.67 Å². The van der Waals surface area contributed by atoms with Crippen LogP contribution in [0.3, 0.4) is 0 Å². The Hall–Kier alpha value is -0.600.